The van der Waals surface area contributed by atoms with Crippen molar-refractivity contribution in [2.24, 2.45) is 23.7 Å². The monoisotopic (exact) mass is 1280 g/mol. The highest BCUT2D eigenvalue weighted by atomic mass is 31.2. The standard InChI is InChI=1S/C68H132O17P2/c1-9-61(8)47-39-31-23-16-18-26-35-43-51-68(73)85-64(55-79-66(71)49-41-33-27-19-22-30-38-46-60(6)7)57-83-87(76,77)81-53-62(69)52-80-86(74,75)82-56-63(84-67(72)50-42-34-25-17-15-21-29-37-45-59(4)5)54-78-65(70)48-40-32-24-14-12-10-11-13-20-28-36-44-58(2)3/h58-64,69H,9-57H2,1-8H3,(H,74,75)(H,76,77)/t61?,62?,63-,64-/m1/s1. The fraction of sp³-hybridized carbons (Fsp3) is 0.941. The molecule has 0 amide bonds. The van der Waals surface area contributed by atoms with Gasteiger partial charge in [0, 0.05) is 25.7 Å². The summed E-state index contributed by atoms with van der Waals surface area (Å²) in [5, 5.41) is 10.6. The normalized spacial score (nSPS) is 14.6. The number of phosphoric acid groups is 2. The Morgan fingerprint density at radius 1 is 0.322 bits per heavy atom. The topological polar surface area (TPSA) is 237 Å². The lowest BCUT2D eigenvalue weighted by atomic mass is 9.99. The third kappa shape index (κ3) is 61.3. The fourth-order valence-corrected chi connectivity index (χ4v) is 11.7. The Morgan fingerprint density at radius 2 is 0.552 bits per heavy atom. The SMILES string of the molecule is CCC(C)CCCCCCCCCCC(=O)O[C@H](COC(=O)CCCCCCCCCC(C)C)COP(=O)(O)OCC(O)COP(=O)(O)OC[C@@H](COC(=O)CCCCCCCCCCCCCC(C)C)OC(=O)CCCCCCCCCCC(C)C. The third-order valence-electron chi connectivity index (χ3n) is 15.9. The number of aliphatic hydroxyl groups excluding tert-OH is 1. The van der Waals surface area contributed by atoms with E-state index in [0.717, 1.165) is 114 Å². The Labute approximate surface area is 530 Å². The van der Waals surface area contributed by atoms with Gasteiger partial charge in [0.15, 0.2) is 12.2 Å². The van der Waals surface area contributed by atoms with Crippen molar-refractivity contribution in [3.63, 3.8) is 0 Å². The third-order valence-corrected chi connectivity index (χ3v) is 17.8. The van der Waals surface area contributed by atoms with Crippen LogP contribution in [0.3, 0.4) is 0 Å². The van der Waals surface area contributed by atoms with Gasteiger partial charge in [-0.15, -0.1) is 0 Å². The molecule has 0 spiro atoms. The minimum Gasteiger partial charge on any atom is -0.462 e. The second kappa shape index (κ2) is 57.9. The summed E-state index contributed by atoms with van der Waals surface area (Å²) in [5.74, 6) is 0.829. The van der Waals surface area contributed by atoms with Gasteiger partial charge < -0.3 is 33.8 Å². The van der Waals surface area contributed by atoms with E-state index in [0.29, 0.717) is 31.6 Å². The highest BCUT2D eigenvalue weighted by molar-refractivity contribution is 7.47. The molecule has 0 saturated carbocycles. The minimum absolute atomic E-state index is 0.104. The number of rotatable bonds is 65. The van der Waals surface area contributed by atoms with E-state index >= 15 is 0 Å². The van der Waals surface area contributed by atoms with Crippen LogP contribution in [0.5, 0.6) is 0 Å². The van der Waals surface area contributed by atoms with Crippen LogP contribution in [-0.2, 0) is 65.4 Å². The maximum atomic E-state index is 13.0. The molecule has 0 heterocycles. The molecule has 0 aromatic carbocycles. The van der Waals surface area contributed by atoms with Crippen molar-refractivity contribution in [3.8, 4) is 0 Å². The predicted octanol–water partition coefficient (Wildman–Crippen LogP) is 18.9. The Balaban J connectivity index is 5.25. The molecule has 0 fully saturated rings. The van der Waals surface area contributed by atoms with E-state index in [1.54, 1.807) is 0 Å². The van der Waals surface area contributed by atoms with E-state index in [2.05, 4.69) is 55.4 Å². The molecule has 87 heavy (non-hydrogen) atoms. The first-order valence-electron chi connectivity index (χ1n) is 35.2. The Bertz CT molecular complexity index is 1730. The largest absolute Gasteiger partial charge is 0.472 e. The zero-order valence-electron chi connectivity index (χ0n) is 56.6. The van der Waals surface area contributed by atoms with E-state index in [4.69, 9.17) is 37.0 Å². The van der Waals surface area contributed by atoms with E-state index in [1.165, 1.54) is 128 Å². The number of phosphoric ester groups is 2. The molecular weight excluding hydrogens is 1150 g/mol. The first-order chi connectivity index (χ1) is 41.6. The lowest BCUT2D eigenvalue weighted by Crippen LogP contribution is -2.30. The van der Waals surface area contributed by atoms with Crippen LogP contribution in [0.1, 0.15) is 331 Å². The molecule has 19 heteroatoms. The number of carbonyl (C=O) groups excluding carboxylic acids is 4. The molecule has 6 atom stereocenters. The van der Waals surface area contributed by atoms with E-state index in [-0.39, 0.29) is 25.7 Å². The van der Waals surface area contributed by atoms with Crippen LogP contribution < -0.4 is 0 Å². The van der Waals surface area contributed by atoms with Gasteiger partial charge in [-0.25, -0.2) is 9.13 Å². The second-order valence-electron chi connectivity index (χ2n) is 26.2. The van der Waals surface area contributed by atoms with Gasteiger partial charge in [-0.1, -0.05) is 280 Å². The van der Waals surface area contributed by atoms with E-state index in [9.17, 15) is 43.2 Å². The number of ether oxygens (including phenoxy) is 4. The lowest BCUT2D eigenvalue weighted by Gasteiger charge is -2.21. The Kier molecular flexibility index (Phi) is 56.6. The minimum atomic E-state index is -4.95. The zero-order valence-corrected chi connectivity index (χ0v) is 58.4. The van der Waals surface area contributed by atoms with E-state index < -0.39 is 97.5 Å². The molecule has 0 aromatic heterocycles. The maximum absolute atomic E-state index is 13.0. The van der Waals surface area contributed by atoms with Gasteiger partial charge in [-0.2, -0.15) is 0 Å². The Hall–Kier alpha value is -1.94. The predicted molar refractivity (Wildman–Crippen MR) is 349 cm³/mol. The molecule has 0 bridgehead atoms. The molecule has 4 unspecified atom stereocenters. The van der Waals surface area contributed by atoms with Crippen molar-refractivity contribution in [3.05, 3.63) is 0 Å². The molecule has 3 N–H and O–H groups in total. The first kappa shape index (κ1) is 85.1. The van der Waals surface area contributed by atoms with Crippen molar-refractivity contribution in [1.82, 2.24) is 0 Å². The summed E-state index contributed by atoms with van der Waals surface area (Å²) in [7, 11) is -9.90. The van der Waals surface area contributed by atoms with Crippen LogP contribution in [0.2, 0.25) is 0 Å². The zero-order chi connectivity index (χ0) is 64.7. The van der Waals surface area contributed by atoms with Crippen LogP contribution in [0, 0.1) is 23.7 Å². The Morgan fingerprint density at radius 3 is 0.816 bits per heavy atom. The van der Waals surface area contributed by atoms with Gasteiger partial charge in [0.05, 0.1) is 26.4 Å². The molecule has 0 rings (SSSR count). The molecular formula is C68H132O17P2. The number of aliphatic hydroxyl groups is 1. The van der Waals surface area contributed by atoms with Gasteiger partial charge in [-0.05, 0) is 49.4 Å². The van der Waals surface area contributed by atoms with Crippen molar-refractivity contribution in [1.29, 1.82) is 0 Å². The van der Waals surface area contributed by atoms with Gasteiger partial charge in [0.1, 0.15) is 19.3 Å². The molecule has 516 valence electrons. The molecule has 0 aliphatic carbocycles. The molecule has 0 aromatic rings. The summed E-state index contributed by atoms with van der Waals surface area (Å²) in [6.45, 7) is 14.0. The average Bonchev–Trinajstić information content (AvgIpc) is 3.46. The molecule has 0 aliphatic heterocycles. The number of hydrogen-bond acceptors (Lipinski definition) is 15. The van der Waals surface area contributed by atoms with Crippen molar-refractivity contribution in [2.45, 2.75) is 350 Å². The summed E-state index contributed by atoms with van der Waals surface area (Å²) in [5.41, 5.74) is 0. The number of esters is 4. The summed E-state index contributed by atoms with van der Waals surface area (Å²) in [6, 6.07) is 0. The summed E-state index contributed by atoms with van der Waals surface area (Å²) in [4.78, 5) is 72.4. The van der Waals surface area contributed by atoms with Gasteiger partial charge in [0.25, 0.3) is 0 Å². The number of hydrogen-bond donors (Lipinski definition) is 3. The average molecular weight is 1280 g/mol. The highest BCUT2D eigenvalue weighted by Gasteiger charge is 2.30. The van der Waals surface area contributed by atoms with Crippen LogP contribution in [-0.4, -0.2) is 96.7 Å². The van der Waals surface area contributed by atoms with Crippen LogP contribution >= 0.6 is 15.6 Å². The summed E-state index contributed by atoms with van der Waals surface area (Å²) >= 11 is 0. The number of unbranched alkanes of at least 4 members (excludes halogenated alkanes) is 30. The highest BCUT2D eigenvalue weighted by Crippen LogP contribution is 2.45. The first-order valence-corrected chi connectivity index (χ1v) is 38.2. The lowest BCUT2D eigenvalue weighted by molar-refractivity contribution is -0.161. The summed E-state index contributed by atoms with van der Waals surface area (Å²) in [6.07, 6.45) is 39.0. The molecule has 0 aliphatic rings. The molecule has 17 nitrogen and oxygen atoms in total. The van der Waals surface area contributed by atoms with E-state index in [1.807, 2.05) is 0 Å². The second-order valence-corrected chi connectivity index (χ2v) is 29.1. The summed E-state index contributed by atoms with van der Waals surface area (Å²) < 4.78 is 68.2. The molecule has 0 saturated heterocycles. The van der Waals surface area contributed by atoms with Gasteiger partial charge in [-0.3, -0.25) is 37.3 Å². The van der Waals surface area contributed by atoms with Crippen LogP contribution in [0.4, 0.5) is 0 Å². The van der Waals surface area contributed by atoms with Gasteiger partial charge >= 0.3 is 39.5 Å². The quantitative estimate of drug-likeness (QED) is 0.0222. The van der Waals surface area contributed by atoms with Crippen molar-refractivity contribution in [2.75, 3.05) is 39.6 Å². The maximum Gasteiger partial charge on any atom is 0.472 e. The number of carbonyl (C=O) groups is 4. The van der Waals surface area contributed by atoms with Crippen LogP contribution in [0.25, 0.3) is 0 Å². The smallest absolute Gasteiger partial charge is 0.462 e. The van der Waals surface area contributed by atoms with Crippen molar-refractivity contribution >= 4 is 39.5 Å². The van der Waals surface area contributed by atoms with Crippen LogP contribution in [0.15, 0.2) is 0 Å². The van der Waals surface area contributed by atoms with Gasteiger partial charge in [0.2, 0.25) is 0 Å². The fourth-order valence-electron chi connectivity index (χ4n) is 10.1. The molecule has 0 radical (unpaired) electrons. The van der Waals surface area contributed by atoms with Crippen molar-refractivity contribution < 1.29 is 80.2 Å².